The van der Waals surface area contributed by atoms with Crippen molar-refractivity contribution in [3.05, 3.63) is 60.3 Å². The van der Waals surface area contributed by atoms with Crippen molar-refractivity contribution in [2.45, 2.75) is 6.54 Å². The van der Waals surface area contributed by atoms with E-state index in [1.807, 2.05) is 60.1 Å². The van der Waals surface area contributed by atoms with Gasteiger partial charge in [0.2, 0.25) is 5.95 Å². The minimum absolute atomic E-state index is 0.599. The Morgan fingerprint density at radius 3 is 2.39 bits per heavy atom. The Hall–Kier alpha value is -3.94. The molecule has 4 aromatic rings. The number of aryl methyl sites for hydroxylation is 1. The molecule has 31 heavy (non-hydrogen) atoms. The molecule has 2 aromatic carbocycles. The number of anilines is 3. The van der Waals surface area contributed by atoms with Gasteiger partial charge in [0.15, 0.2) is 11.5 Å². The fourth-order valence-electron chi connectivity index (χ4n) is 3.32. The second-order valence-electron chi connectivity index (χ2n) is 6.95. The fraction of sp³-hybridized carbons (Fsp3) is 0.217. The van der Waals surface area contributed by atoms with E-state index in [1.165, 1.54) is 0 Å². The van der Waals surface area contributed by atoms with Crippen molar-refractivity contribution < 1.29 is 14.2 Å². The van der Waals surface area contributed by atoms with Crippen LogP contribution in [0.2, 0.25) is 0 Å². The predicted molar refractivity (Wildman–Crippen MR) is 122 cm³/mol. The summed E-state index contributed by atoms with van der Waals surface area (Å²) in [6.07, 6.45) is 1.77. The highest BCUT2D eigenvalue weighted by Gasteiger charge is 2.10. The number of pyridine rings is 1. The maximum Gasteiger partial charge on any atom is 0.203 e. The zero-order chi connectivity index (χ0) is 21.8. The number of ether oxygens (including phenoxy) is 3. The molecule has 2 heterocycles. The lowest BCUT2D eigenvalue weighted by Crippen LogP contribution is -2.05. The van der Waals surface area contributed by atoms with Crippen LogP contribution < -0.4 is 24.8 Å². The molecule has 8 nitrogen and oxygen atoms in total. The van der Waals surface area contributed by atoms with Crippen LogP contribution in [0.1, 0.15) is 5.56 Å². The second-order valence-corrected chi connectivity index (χ2v) is 6.95. The Morgan fingerprint density at radius 1 is 0.903 bits per heavy atom. The first kappa shape index (κ1) is 20.3. The second kappa shape index (κ2) is 8.83. The van der Waals surface area contributed by atoms with Crippen LogP contribution >= 0.6 is 0 Å². The Labute approximate surface area is 180 Å². The van der Waals surface area contributed by atoms with E-state index in [1.54, 1.807) is 27.5 Å². The van der Waals surface area contributed by atoms with Gasteiger partial charge in [-0.25, -0.2) is 9.97 Å². The van der Waals surface area contributed by atoms with Crippen LogP contribution in [-0.4, -0.2) is 35.9 Å². The monoisotopic (exact) mass is 419 g/mol. The number of imidazole rings is 1. The number of hydrogen-bond donors (Lipinski definition) is 2. The number of hydrogen-bond acceptors (Lipinski definition) is 7. The van der Waals surface area contributed by atoms with Crippen LogP contribution in [0.25, 0.3) is 11.0 Å². The van der Waals surface area contributed by atoms with Crippen LogP contribution in [0.5, 0.6) is 17.2 Å². The molecular formula is C23H25N5O3. The van der Waals surface area contributed by atoms with Crippen molar-refractivity contribution in [1.82, 2.24) is 14.5 Å². The molecule has 0 aliphatic heterocycles. The molecule has 0 atom stereocenters. The molecule has 0 saturated carbocycles. The van der Waals surface area contributed by atoms with Crippen LogP contribution in [0.3, 0.4) is 0 Å². The Morgan fingerprint density at radius 2 is 1.68 bits per heavy atom. The fourth-order valence-corrected chi connectivity index (χ4v) is 3.32. The predicted octanol–water partition coefficient (Wildman–Crippen LogP) is 4.35. The summed E-state index contributed by atoms with van der Waals surface area (Å²) in [5.74, 6) is 3.72. The third-order valence-electron chi connectivity index (χ3n) is 5.03. The summed E-state index contributed by atoms with van der Waals surface area (Å²) in [5, 5.41) is 6.69. The van der Waals surface area contributed by atoms with Gasteiger partial charge in [-0.3, -0.25) is 0 Å². The Balaban J connectivity index is 1.51. The minimum atomic E-state index is 0.599. The molecule has 2 N–H and O–H groups in total. The summed E-state index contributed by atoms with van der Waals surface area (Å²) in [7, 11) is 6.88. The zero-order valence-corrected chi connectivity index (χ0v) is 18.0. The molecule has 0 bridgehead atoms. The average molecular weight is 419 g/mol. The standard InChI is InChI=1S/C23H25N5O3/c1-28-19-12-22(26-16-6-8-17(29-2)9-7-16)24-14-18(19)27-23(28)25-13-15-5-10-20(30-3)21(11-15)31-4/h5-12,14H,13H2,1-4H3,(H,24,26)(H,25,27). The number of nitrogens with one attached hydrogen (secondary N) is 2. The molecule has 2 aromatic heterocycles. The third-order valence-corrected chi connectivity index (χ3v) is 5.03. The van der Waals surface area contributed by atoms with Crippen molar-refractivity contribution in [3.63, 3.8) is 0 Å². The van der Waals surface area contributed by atoms with Gasteiger partial charge in [-0.15, -0.1) is 0 Å². The largest absolute Gasteiger partial charge is 0.497 e. The first-order valence-corrected chi connectivity index (χ1v) is 9.79. The summed E-state index contributed by atoms with van der Waals surface area (Å²) in [5.41, 5.74) is 3.78. The topological polar surface area (TPSA) is 82.5 Å². The van der Waals surface area contributed by atoms with E-state index >= 15 is 0 Å². The molecule has 0 spiro atoms. The first-order chi connectivity index (χ1) is 15.1. The summed E-state index contributed by atoms with van der Waals surface area (Å²) >= 11 is 0. The highest BCUT2D eigenvalue weighted by molar-refractivity contribution is 5.81. The molecular weight excluding hydrogens is 394 g/mol. The summed E-state index contributed by atoms with van der Waals surface area (Å²) in [6, 6.07) is 15.5. The number of fused-ring (bicyclic) bond motifs is 1. The van der Waals surface area contributed by atoms with Crippen molar-refractivity contribution >= 4 is 28.5 Å². The van der Waals surface area contributed by atoms with Gasteiger partial charge in [0, 0.05) is 25.3 Å². The molecule has 0 saturated heterocycles. The van der Waals surface area contributed by atoms with Crippen LogP contribution in [0.4, 0.5) is 17.5 Å². The normalized spacial score (nSPS) is 10.7. The lowest BCUT2D eigenvalue weighted by molar-refractivity contribution is 0.354. The van der Waals surface area contributed by atoms with Gasteiger partial charge in [-0.1, -0.05) is 6.07 Å². The Bertz CT molecular complexity index is 1190. The van der Waals surface area contributed by atoms with Gasteiger partial charge in [0.1, 0.15) is 17.1 Å². The Kier molecular flexibility index (Phi) is 5.79. The minimum Gasteiger partial charge on any atom is -0.497 e. The lowest BCUT2D eigenvalue weighted by atomic mass is 10.2. The maximum atomic E-state index is 5.38. The van der Waals surface area contributed by atoms with Crippen LogP contribution in [0.15, 0.2) is 54.7 Å². The van der Waals surface area contributed by atoms with E-state index < -0.39 is 0 Å². The molecule has 160 valence electrons. The van der Waals surface area contributed by atoms with Gasteiger partial charge < -0.3 is 29.4 Å². The first-order valence-electron chi connectivity index (χ1n) is 9.79. The zero-order valence-electron chi connectivity index (χ0n) is 18.0. The molecule has 0 aliphatic carbocycles. The molecule has 0 radical (unpaired) electrons. The lowest BCUT2D eigenvalue weighted by Gasteiger charge is -2.11. The SMILES string of the molecule is COc1ccc(Nc2cc3c(cn2)nc(NCc2ccc(OC)c(OC)c2)n3C)cc1. The van der Waals surface area contributed by atoms with Gasteiger partial charge in [0.05, 0.1) is 33.0 Å². The maximum absolute atomic E-state index is 5.38. The van der Waals surface area contributed by atoms with E-state index in [9.17, 15) is 0 Å². The molecule has 4 rings (SSSR count). The van der Waals surface area contributed by atoms with Gasteiger partial charge in [-0.2, -0.15) is 0 Å². The van der Waals surface area contributed by atoms with Gasteiger partial charge in [-0.05, 0) is 42.0 Å². The van der Waals surface area contributed by atoms with Crippen molar-refractivity contribution in [2.24, 2.45) is 7.05 Å². The van der Waals surface area contributed by atoms with E-state index in [-0.39, 0.29) is 0 Å². The summed E-state index contributed by atoms with van der Waals surface area (Å²) in [4.78, 5) is 9.15. The molecule has 0 unspecified atom stereocenters. The number of methoxy groups -OCH3 is 3. The van der Waals surface area contributed by atoms with Gasteiger partial charge >= 0.3 is 0 Å². The average Bonchev–Trinajstić information content (AvgIpc) is 3.13. The molecule has 8 heteroatoms. The molecule has 0 aliphatic rings. The quantitative estimate of drug-likeness (QED) is 0.439. The third kappa shape index (κ3) is 4.32. The number of benzene rings is 2. The van der Waals surface area contributed by atoms with E-state index in [2.05, 4.69) is 20.6 Å². The highest BCUT2D eigenvalue weighted by atomic mass is 16.5. The smallest absolute Gasteiger partial charge is 0.203 e. The van der Waals surface area contributed by atoms with Crippen LogP contribution in [0, 0.1) is 0 Å². The van der Waals surface area contributed by atoms with E-state index in [4.69, 9.17) is 14.2 Å². The van der Waals surface area contributed by atoms with E-state index in [0.29, 0.717) is 18.0 Å². The van der Waals surface area contributed by atoms with Crippen molar-refractivity contribution in [3.8, 4) is 17.2 Å². The van der Waals surface area contributed by atoms with Crippen molar-refractivity contribution in [2.75, 3.05) is 32.0 Å². The van der Waals surface area contributed by atoms with Gasteiger partial charge in [0.25, 0.3) is 0 Å². The van der Waals surface area contributed by atoms with E-state index in [0.717, 1.165) is 39.8 Å². The number of aromatic nitrogens is 3. The summed E-state index contributed by atoms with van der Waals surface area (Å²) < 4.78 is 17.9. The highest BCUT2D eigenvalue weighted by Crippen LogP contribution is 2.28. The molecule has 0 amide bonds. The summed E-state index contributed by atoms with van der Waals surface area (Å²) in [6.45, 7) is 0.599. The molecule has 0 fully saturated rings. The van der Waals surface area contributed by atoms with Crippen molar-refractivity contribution in [1.29, 1.82) is 0 Å². The van der Waals surface area contributed by atoms with Crippen LogP contribution in [-0.2, 0) is 13.6 Å². The number of nitrogens with zero attached hydrogens (tertiary/aromatic N) is 3. The number of rotatable bonds is 8.